The van der Waals surface area contributed by atoms with E-state index < -0.39 is 12.0 Å². The van der Waals surface area contributed by atoms with Gasteiger partial charge in [-0.2, -0.15) is 0 Å². The van der Waals surface area contributed by atoms with Gasteiger partial charge in [-0.3, -0.25) is 9.69 Å². The van der Waals surface area contributed by atoms with Crippen LogP contribution in [0, 0.1) is 11.7 Å². The van der Waals surface area contributed by atoms with E-state index in [1.54, 1.807) is 24.1 Å². The van der Waals surface area contributed by atoms with Crippen LogP contribution < -0.4 is 0 Å². The molecular weight excluding hydrogens is 233 g/mol. The Bertz CT molecular complexity index is 389. The Balaban J connectivity index is 2.69. The van der Waals surface area contributed by atoms with Gasteiger partial charge >= 0.3 is 5.97 Å². The first-order valence-corrected chi connectivity index (χ1v) is 6.07. The van der Waals surface area contributed by atoms with E-state index in [0.29, 0.717) is 18.9 Å². The second kappa shape index (κ2) is 6.50. The van der Waals surface area contributed by atoms with Crippen LogP contribution in [-0.4, -0.2) is 29.1 Å². The summed E-state index contributed by atoms with van der Waals surface area (Å²) in [6.45, 7) is 4.51. The number of nitrogens with zero attached hydrogens (tertiary/aromatic N) is 1. The molecule has 1 rings (SSSR count). The zero-order valence-electron chi connectivity index (χ0n) is 11.1. The lowest BCUT2D eigenvalue weighted by atomic mass is 10.0. The van der Waals surface area contributed by atoms with Gasteiger partial charge in [-0.05, 0) is 37.1 Å². The molecule has 0 aliphatic carbocycles. The highest BCUT2D eigenvalue weighted by atomic mass is 19.1. The van der Waals surface area contributed by atoms with Crippen LogP contribution in [0.1, 0.15) is 25.8 Å². The molecule has 1 aromatic rings. The summed E-state index contributed by atoms with van der Waals surface area (Å²) >= 11 is 0. The summed E-state index contributed by atoms with van der Waals surface area (Å²) in [4.78, 5) is 13.0. The predicted molar refractivity (Wildman–Crippen MR) is 68.7 cm³/mol. The van der Waals surface area contributed by atoms with E-state index >= 15 is 0 Å². The second-order valence-corrected chi connectivity index (χ2v) is 5.03. The number of rotatable bonds is 6. The summed E-state index contributed by atoms with van der Waals surface area (Å²) in [7, 11) is 1.78. The Morgan fingerprint density at radius 1 is 1.33 bits per heavy atom. The van der Waals surface area contributed by atoms with E-state index in [4.69, 9.17) is 0 Å². The molecule has 0 saturated carbocycles. The minimum atomic E-state index is -0.812. The topological polar surface area (TPSA) is 40.5 Å². The Morgan fingerprint density at radius 2 is 1.89 bits per heavy atom. The third-order valence-electron chi connectivity index (χ3n) is 2.86. The summed E-state index contributed by atoms with van der Waals surface area (Å²) in [5.74, 6) is -0.770. The van der Waals surface area contributed by atoms with Gasteiger partial charge < -0.3 is 5.11 Å². The Kier molecular flexibility index (Phi) is 5.28. The molecular formula is C14H20FNO2. The van der Waals surface area contributed by atoms with Crippen LogP contribution >= 0.6 is 0 Å². The zero-order valence-corrected chi connectivity index (χ0v) is 11.1. The van der Waals surface area contributed by atoms with Crippen molar-refractivity contribution in [1.82, 2.24) is 4.90 Å². The zero-order chi connectivity index (χ0) is 13.7. The normalized spacial score (nSPS) is 13.0. The number of hydrogen-bond donors (Lipinski definition) is 1. The molecule has 3 nitrogen and oxygen atoms in total. The number of carbonyl (C=O) groups is 1. The van der Waals surface area contributed by atoms with Gasteiger partial charge in [-0.15, -0.1) is 0 Å². The van der Waals surface area contributed by atoms with E-state index in [0.717, 1.165) is 5.56 Å². The van der Waals surface area contributed by atoms with Crippen LogP contribution in [-0.2, 0) is 11.3 Å². The molecule has 0 aromatic heterocycles. The molecule has 1 N–H and O–H groups in total. The lowest BCUT2D eigenvalue weighted by Gasteiger charge is -2.26. The maximum atomic E-state index is 12.8. The van der Waals surface area contributed by atoms with Crippen molar-refractivity contribution in [2.75, 3.05) is 7.05 Å². The van der Waals surface area contributed by atoms with Gasteiger partial charge in [0.1, 0.15) is 11.9 Å². The highest BCUT2D eigenvalue weighted by Gasteiger charge is 2.23. The molecule has 1 aromatic carbocycles. The van der Waals surface area contributed by atoms with Crippen molar-refractivity contribution in [3.63, 3.8) is 0 Å². The molecule has 0 heterocycles. The van der Waals surface area contributed by atoms with Crippen LogP contribution in [0.5, 0.6) is 0 Å². The van der Waals surface area contributed by atoms with Crippen LogP contribution in [0.15, 0.2) is 24.3 Å². The van der Waals surface area contributed by atoms with Gasteiger partial charge in [-0.1, -0.05) is 26.0 Å². The molecule has 100 valence electrons. The van der Waals surface area contributed by atoms with Crippen LogP contribution in [0.2, 0.25) is 0 Å². The van der Waals surface area contributed by atoms with Crippen molar-refractivity contribution in [3.8, 4) is 0 Å². The standard InChI is InChI=1S/C14H20FNO2/c1-10(2)8-13(14(17)18)16(3)9-11-4-6-12(15)7-5-11/h4-7,10,13H,8-9H2,1-3H3,(H,17,18)/t13-/m0/s1. The third-order valence-corrected chi connectivity index (χ3v) is 2.86. The quantitative estimate of drug-likeness (QED) is 0.847. The first-order valence-electron chi connectivity index (χ1n) is 6.07. The van der Waals surface area contributed by atoms with Crippen molar-refractivity contribution in [2.45, 2.75) is 32.9 Å². The summed E-state index contributed by atoms with van der Waals surface area (Å²) in [5.41, 5.74) is 0.911. The highest BCUT2D eigenvalue weighted by molar-refractivity contribution is 5.73. The molecule has 4 heteroatoms. The van der Waals surface area contributed by atoms with Crippen molar-refractivity contribution >= 4 is 5.97 Å². The van der Waals surface area contributed by atoms with E-state index in [2.05, 4.69) is 0 Å². The van der Waals surface area contributed by atoms with Gasteiger partial charge in [0.05, 0.1) is 0 Å². The maximum absolute atomic E-state index is 12.8. The largest absolute Gasteiger partial charge is 0.480 e. The number of aliphatic carboxylic acids is 1. The lowest BCUT2D eigenvalue weighted by Crippen LogP contribution is -2.39. The molecule has 0 unspecified atom stereocenters. The molecule has 0 amide bonds. The average molecular weight is 253 g/mol. The molecule has 1 atom stereocenters. The van der Waals surface area contributed by atoms with Crippen molar-refractivity contribution < 1.29 is 14.3 Å². The molecule has 0 bridgehead atoms. The van der Waals surface area contributed by atoms with Gasteiger partial charge in [-0.25, -0.2) is 4.39 Å². The molecule has 0 spiro atoms. The Labute approximate surface area is 107 Å². The van der Waals surface area contributed by atoms with Crippen LogP contribution in [0.4, 0.5) is 4.39 Å². The van der Waals surface area contributed by atoms with Gasteiger partial charge in [0.2, 0.25) is 0 Å². The number of hydrogen-bond acceptors (Lipinski definition) is 2. The van der Waals surface area contributed by atoms with Crippen molar-refractivity contribution in [3.05, 3.63) is 35.6 Å². The molecule has 18 heavy (non-hydrogen) atoms. The number of carboxylic acid groups (broad SMARTS) is 1. The second-order valence-electron chi connectivity index (χ2n) is 5.03. The van der Waals surface area contributed by atoms with Crippen LogP contribution in [0.3, 0.4) is 0 Å². The van der Waals surface area contributed by atoms with E-state index in [9.17, 15) is 14.3 Å². The average Bonchev–Trinajstić information content (AvgIpc) is 2.28. The number of benzene rings is 1. The number of halogens is 1. The minimum absolute atomic E-state index is 0.279. The Morgan fingerprint density at radius 3 is 2.33 bits per heavy atom. The first-order chi connectivity index (χ1) is 8.40. The van der Waals surface area contributed by atoms with Crippen molar-refractivity contribution in [1.29, 1.82) is 0 Å². The van der Waals surface area contributed by atoms with E-state index in [-0.39, 0.29) is 5.82 Å². The molecule has 0 radical (unpaired) electrons. The fourth-order valence-corrected chi connectivity index (χ4v) is 1.90. The summed E-state index contributed by atoms with van der Waals surface area (Å²) in [5, 5.41) is 9.21. The fourth-order valence-electron chi connectivity index (χ4n) is 1.90. The maximum Gasteiger partial charge on any atom is 0.320 e. The monoisotopic (exact) mass is 253 g/mol. The Hall–Kier alpha value is -1.42. The molecule has 0 aliphatic rings. The number of likely N-dealkylation sites (N-methyl/N-ethyl adjacent to an activating group) is 1. The van der Waals surface area contributed by atoms with Crippen LogP contribution in [0.25, 0.3) is 0 Å². The predicted octanol–water partition coefficient (Wildman–Crippen LogP) is 2.76. The number of carboxylic acids is 1. The van der Waals surface area contributed by atoms with Gasteiger partial charge in [0.25, 0.3) is 0 Å². The minimum Gasteiger partial charge on any atom is -0.480 e. The summed E-state index contributed by atoms with van der Waals surface area (Å²) in [6, 6.07) is 5.64. The summed E-state index contributed by atoms with van der Waals surface area (Å²) < 4.78 is 12.8. The van der Waals surface area contributed by atoms with Gasteiger partial charge in [0.15, 0.2) is 0 Å². The SMILES string of the molecule is CC(C)C[C@@H](C(=O)O)N(C)Cc1ccc(F)cc1. The molecule has 0 aliphatic heterocycles. The first kappa shape index (κ1) is 14.6. The molecule has 0 fully saturated rings. The third kappa shape index (κ3) is 4.45. The molecule has 0 saturated heterocycles. The summed E-state index contributed by atoms with van der Waals surface area (Å²) in [6.07, 6.45) is 0.604. The lowest BCUT2D eigenvalue weighted by molar-refractivity contribution is -0.143. The smallest absolute Gasteiger partial charge is 0.320 e. The van der Waals surface area contributed by atoms with E-state index in [1.807, 2.05) is 13.8 Å². The van der Waals surface area contributed by atoms with E-state index in [1.165, 1.54) is 12.1 Å². The van der Waals surface area contributed by atoms with Crippen molar-refractivity contribution in [2.24, 2.45) is 5.92 Å². The highest BCUT2D eigenvalue weighted by Crippen LogP contribution is 2.14. The van der Waals surface area contributed by atoms with Gasteiger partial charge in [0, 0.05) is 6.54 Å². The fraction of sp³-hybridized carbons (Fsp3) is 0.500.